The number of hydrogen-bond donors (Lipinski definition) is 1. The maximum atomic E-state index is 5.73. The summed E-state index contributed by atoms with van der Waals surface area (Å²) in [6.45, 7) is 11.5. The Kier molecular flexibility index (Phi) is 10.6. The molecule has 1 atom stereocenters. The van der Waals surface area contributed by atoms with Gasteiger partial charge in [0.25, 0.3) is 0 Å². The molecule has 1 aromatic carbocycles. The second-order valence-corrected chi connectivity index (χ2v) is 8.85. The third kappa shape index (κ3) is 8.43. The predicted octanol–water partition coefficient (Wildman–Crippen LogP) is 3.51. The van der Waals surface area contributed by atoms with Crippen LogP contribution in [0.1, 0.15) is 50.2 Å². The fraction of sp³-hybridized carbons (Fsp3) is 0.720. The number of aliphatic imine (C=N–C) groups is 1. The molecule has 2 heterocycles. The van der Waals surface area contributed by atoms with Crippen molar-refractivity contribution in [3.63, 3.8) is 0 Å². The SMILES string of the molecule is CCNC(=NCc1ccc(CN2CCCCCC2)cc1)N1CCC(COCCOC)C1. The minimum Gasteiger partial charge on any atom is -0.382 e. The molecule has 2 aliphatic rings. The van der Waals surface area contributed by atoms with Gasteiger partial charge in [-0.05, 0) is 50.4 Å². The summed E-state index contributed by atoms with van der Waals surface area (Å²) in [5, 5.41) is 3.47. The van der Waals surface area contributed by atoms with Crippen LogP contribution < -0.4 is 5.32 Å². The quantitative estimate of drug-likeness (QED) is 0.350. The summed E-state index contributed by atoms with van der Waals surface area (Å²) in [4.78, 5) is 9.91. The lowest BCUT2D eigenvalue weighted by Gasteiger charge is -2.22. The zero-order chi connectivity index (χ0) is 21.7. The molecule has 0 bridgehead atoms. The van der Waals surface area contributed by atoms with Gasteiger partial charge in [0, 0.05) is 39.2 Å². The van der Waals surface area contributed by atoms with Gasteiger partial charge in [-0.25, -0.2) is 4.99 Å². The average Bonchev–Trinajstić information content (AvgIpc) is 3.11. The molecule has 3 rings (SSSR count). The molecule has 1 unspecified atom stereocenters. The Hall–Kier alpha value is -1.63. The van der Waals surface area contributed by atoms with Crippen molar-refractivity contribution in [3.05, 3.63) is 35.4 Å². The number of benzene rings is 1. The maximum Gasteiger partial charge on any atom is 0.194 e. The Morgan fingerprint density at radius 3 is 2.48 bits per heavy atom. The largest absolute Gasteiger partial charge is 0.382 e. The molecule has 0 aromatic heterocycles. The van der Waals surface area contributed by atoms with E-state index in [-0.39, 0.29) is 0 Å². The van der Waals surface area contributed by atoms with Crippen LogP contribution in [0.4, 0.5) is 0 Å². The predicted molar refractivity (Wildman–Crippen MR) is 127 cm³/mol. The van der Waals surface area contributed by atoms with Crippen molar-refractivity contribution in [2.75, 3.05) is 59.7 Å². The molecule has 0 amide bonds. The van der Waals surface area contributed by atoms with E-state index in [0.29, 0.717) is 19.1 Å². The Morgan fingerprint density at radius 2 is 1.77 bits per heavy atom. The summed E-state index contributed by atoms with van der Waals surface area (Å²) in [6, 6.07) is 9.06. The Bertz CT molecular complexity index is 641. The van der Waals surface area contributed by atoms with Gasteiger partial charge in [-0.3, -0.25) is 4.90 Å². The minimum absolute atomic E-state index is 0.569. The molecule has 1 N–H and O–H groups in total. The summed E-state index contributed by atoms with van der Waals surface area (Å²) in [5.41, 5.74) is 2.69. The van der Waals surface area contributed by atoms with E-state index in [2.05, 4.69) is 46.3 Å². The lowest BCUT2D eigenvalue weighted by atomic mass is 10.1. The summed E-state index contributed by atoms with van der Waals surface area (Å²) < 4.78 is 10.8. The number of ether oxygens (including phenoxy) is 2. The minimum atomic E-state index is 0.569. The van der Waals surface area contributed by atoms with Crippen LogP contribution in [0.2, 0.25) is 0 Å². The highest BCUT2D eigenvalue weighted by Gasteiger charge is 2.25. The van der Waals surface area contributed by atoms with Crippen LogP contribution in [0, 0.1) is 5.92 Å². The van der Waals surface area contributed by atoms with E-state index in [4.69, 9.17) is 14.5 Å². The van der Waals surface area contributed by atoms with Crippen molar-refractivity contribution in [3.8, 4) is 0 Å². The zero-order valence-corrected chi connectivity index (χ0v) is 19.7. The first-order chi connectivity index (χ1) is 15.3. The summed E-state index contributed by atoms with van der Waals surface area (Å²) >= 11 is 0. The average molecular weight is 431 g/mol. The van der Waals surface area contributed by atoms with E-state index < -0.39 is 0 Å². The van der Waals surface area contributed by atoms with E-state index in [9.17, 15) is 0 Å². The zero-order valence-electron chi connectivity index (χ0n) is 19.7. The number of guanidine groups is 1. The van der Waals surface area contributed by atoms with Gasteiger partial charge in [-0.1, -0.05) is 37.1 Å². The number of nitrogens with zero attached hydrogens (tertiary/aromatic N) is 3. The highest BCUT2D eigenvalue weighted by atomic mass is 16.5. The number of rotatable bonds is 10. The van der Waals surface area contributed by atoms with Crippen molar-refractivity contribution in [2.45, 2.75) is 52.1 Å². The molecule has 0 aliphatic carbocycles. The van der Waals surface area contributed by atoms with Crippen molar-refractivity contribution in [1.29, 1.82) is 0 Å². The van der Waals surface area contributed by atoms with Crippen LogP contribution in [-0.4, -0.2) is 75.4 Å². The topological polar surface area (TPSA) is 49.3 Å². The monoisotopic (exact) mass is 430 g/mol. The Morgan fingerprint density at radius 1 is 1.03 bits per heavy atom. The molecule has 0 radical (unpaired) electrons. The lowest BCUT2D eigenvalue weighted by molar-refractivity contribution is 0.0536. The van der Waals surface area contributed by atoms with Crippen LogP contribution in [-0.2, 0) is 22.6 Å². The molecule has 2 fully saturated rings. The fourth-order valence-electron chi connectivity index (χ4n) is 4.45. The lowest BCUT2D eigenvalue weighted by Crippen LogP contribution is -2.40. The molecule has 2 aliphatic heterocycles. The number of nitrogens with one attached hydrogen (secondary N) is 1. The molecular weight excluding hydrogens is 388 g/mol. The molecule has 1 aromatic rings. The normalized spacial score (nSPS) is 20.8. The van der Waals surface area contributed by atoms with Gasteiger partial charge in [-0.15, -0.1) is 0 Å². The van der Waals surface area contributed by atoms with Crippen LogP contribution in [0.25, 0.3) is 0 Å². The molecule has 31 heavy (non-hydrogen) atoms. The maximum absolute atomic E-state index is 5.73. The van der Waals surface area contributed by atoms with Crippen molar-refractivity contribution >= 4 is 5.96 Å². The number of methoxy groups -OCH3 is 1. The van der Waals surface area contributed by atoms with Crippen LogP contribution in [0.15, 0.2) is 29.3 Å². The first-order valence-corrected chi connectivity index (χ1v) is 12.2. The van der Waals surface area contributed by atoms with Crippen molar-refractivity contribution in [2.24, 2.45) is 10.9 Å². The highest BCUT2D eigenvalue weighted by molar-refractivity contribution is 5.80. The van der Waals surface area contributed by atoms with Gasteiger partial charge in [-0.2, -0.15) is 0 Å². The smallest absolute Gasteiger partial charge is 0.194 e. The van der Waals surface area contributed by atoms with Gasteiger partial charge in [0.05, 0.1) is 26.4 Å². The summed E-state index contributed by atoms with van der Waals surface area (Å²) in [6.07, 6.45) is 6.62. The van der Waals surface area contributed by atoms with Gasteiger partial charge in [0.2, 0.25) is 0 Å². The fourth-order valence-corrected chi connectivity index (χ4v) is 4.45. The van der Waals surface area contributed by atoms with E-state index >= 15 is 0 Å². The standard InChI is InChI=1S/C25H42N4O2/c1-3-26-25(29-15-12-24(20-29)21-31-17-16-30-2)27-18-22-8-10-23(11-9-22)19-28-13-6-4-5-7-14-28/h8-11,24H,3-7,12-21H2,1-2H3,(H,26,27). The second kappa shape index (κ2) is 13.7. The van der Waals surface area contributed by atoms with Gasteiger partial charge < -0.3 is 19.7 Å². The summed E-state index contributed by atoms with van der Waals surface area (Å²) in [5.74, 6) is 1.59. The molecule has 0 spiro atoms. The van der Waals surface area contributed by atoms with Crippen molar-refractivity contribution in [1.82, 2.24) is 15.1 Å². The van der Waals surface area contributed by atoms with Crippen LogP contribution >= 0.6 is 0 Å². The first-order valence-electron chi connectivity index (χ1n) is 12.2. The molecular formula is C25H42N4O2. The molecule has 6 heteroatoms. The molecule has 174 valence electrons. The van der Waals surface area contributed by atoms with Crippen LogP contribution in [0.3, 0.4) is 0 Å². The van der Waals surface area contributed by atoms with E-state index in [1.54, 1.807) is 7.11 Å². The molecule has 0 saturated carbocycles. The molecule has 6 nitrogen and oxygen atoms in total. The van der Waals surface area contributed by atoms with E-state index in [0.717, 1.165) is 51.7 Å². The third-order valence-corrected chi connectivity index (χ3v) is 6.24. The number of hydrogen-bond acceptors (Lipinski definition) is 4. The first kappa shape index (κ1) is 24.0. The van der Waals surface area contributed by atoms with Crippen molar-refractivity contribution < 1.29 is 9.47 Å². The van der Waals surface area contributed by atoms with Gasteiger partial charge in [0.1, 0.15) is 0 Å². The van der Waals surface area contributed by atoms with E-state index in [1.165, 1.54) is 49.9 Å². The van der Waals surface area contributed by atoms with Gasteiger partial charge in [0.15, 0.2) is 5.96 Å². The Balaban J connectivity index is 1.48. The third-order valence-electron chi connectivity index (χ3n) is 6.24. The van der Waals surface area contributed by atoms with Crippen LogP contribution in [0.5, 0.6) is 0 Å². The summed E-state index contributed by atoms with van der Waals surface area (Å²) in [7, 11) is 1.71. The highest BCUT2D eigenvalue weighted by Crippen LogP contribution is 2.18. The molecule has 2 saturated heterocycles. The number of likely N-dealkylation sites (tertiary alicyclic amines) is 2. The second-order valence-electron chi connectivity index (χ2n) is 8.85. The van der Waals surface area contributed by atoms with E-state index in [1.807, 2.05) is 0 Å². The van der Waals surface area contributed by atoms with Gasteiger partial charge >= 0.3 is 0 Å². The Labute approximate surface area is 189 Å².